The number of carboxylic acid groups (broad SMARTS) is 1. The number of rotatable bonds is 4. The molecule has 15 heavy (non-hydrogen) atoms. The van der Waals surface area contributed by atoms with Crippen molar-refractivity contribution in [1.29, 1.82) is 0 Å². The van der Waals surface area contributed by atoms with Crippen LogP contribution < -0.4 is 5.32 Å². The van der Waals surface area contributed by atoms with Crippen molar-refractivity contribution in [3.05, 3.63) is 24.0 Å². The topological polar surface area (TPSA) is 92.2 Å². The van der Waals surface area contributed by atoms with Gasteiger partial charge in [-0.3, -0.25) is 4.79 Å². The number of amides is 1. The molecule has 1 heterocycles. The highest BCUT2D eigenvalue weighted by molar-refractivity contribution is 5.82. The minimum Gasteiger partial charge on any atom is -0.480 e. The summed E-state index contributed by atoms with van der Waals surface area (Å²) in [5.41, 5.74) is 0.527. The van der Waals surface area contributed by atoms with Crippen molar-refractivity contribution in [2.75, 3.05) is 0 Å². The molecule has 2 N–H and O–H groups in total. The first kappa shape index (κ1) is 11.1. The first-order valence-electron chi connectivity index (χ1n) is 4.36. The van der Waals surface area contributed by atoms with Gasteiger partial charge in [-0.2, -0.15) is 10.2 Å². The van der Waals surface area contributed by atoms with Crippen LogP contribution in [0, 0.1) is 0 Å². The molecule has 0 aromatic carbocycles. The third-order valence-electron chi connectivity index (χ3n) is 1.72. The maximum absolute atomic E-state index is 10.8. The van der Waals surface area contributed by atoms with Crippen molar-refractivity contribution in [1.82, 2.24) is 15.5 Å². The van der Waals surface area contributed by atoms with E-state index < -0.39 is 12.0 Å². The zero-order chi connectivity index (χ0) is 11.3. The summed E-state index contributed by atoms with van der Waals surface area (Å²) in [7, 11) is 0. The summed E-state index contributed by atoms with van der Waals surface area (Å²) >= 11 is 0. The SMILES string of the molecule is CC(=O)NC(Cc1cccnn1)C(=O)O. The van der Waals surface area contributed by atoms with E-state index in [0.717, 1.165) is 0 Å². The summed E-state index contributed by atoms with van der Waals surface area (Å²) in [6.07, 6.45) is 1.63. The normalized spacial score (nSPS) is 11.8. The van der Waals surface area contributed by atoms with E-state index in [1.54, 1.807) is 12.1 Å². The third kappa shape index (κ3) is 3.72. The van der Waals surface area contributed by atoms with Crippen LogP contribution in [0.2, 0.25) is 0 Å². The average Bonchev–Trinajstić information content (AvgIpc) is 2.17. The molecule has 1 amide bonds. The lowest BCUT2D eigenvalue weighted by Gasteiger charge is -2.11. The molecule has 1 rings (SSSR count). The Hall–Kier alpha value is -1.98. The Labute approximate surface area is 86.3 Å². The van der Waals surface area contributed by atoms with E-state index >= 15 is 0 Å². The Morgan fingerprint density at radius 2 is 2.33 bits per heavy atom. The quantitative estimate of drug-likeness (QED) is 0.704. The van der Waals surface area contributed by atoms with Gasteiger partial charge in [-0.05, 0) is 12.1 Å². The molecule has 1 aromatic heterocycles. The Bertz CT molecular complexity index is 353. The predicted molar refractivity (Wildman–Crippen MR) is 51.0 cm³/mol. The van der Waals surface area contributed by atoms with Gasteiger partial charge in [0.15, 0.2) is 0 Å². The second-order valence-electron chi connectivity index (χ2n) is 3.01. The summed E-state index contributed by atoms with van der Waals surface area (Å²) < 4.78 is 0. The standard InChI is InChI=1S/C9H11N3O3/c1-6(13)11-8(9(14)15)5-7-3-2-4-10-12-7/h2-4,8H,5H2,1H3,(H,11,13)(H,14,15). The summed E-state index contributed by atoms with van der Waals surface area (Å²) in [6, 6.07) is 2.36. The maximum Gasteiger partial charge on any atom is 0.326 e. The molecular formula is C9H11N3O3. The van der Waals surface area contributed by atoms with Gasteiger partial charge in [-0.25, -0.2) is 4.79 Å². The van der Waals surface area contributed by atoms with Crippen molar-refractivity contribution in [2.45, 2.75) is 19.4 Å². The average molecular weight is 209 g/mol. The van der Waals surface area contributed by atoms with Crippen LogP contribution in [-0.2, 0) is 16.0 Å². The van der Waals surface area contributed by atoms with Gasteiger partial charge in [-0.15, -0.1) is 0 Å². The molecule has 1 unspecified atom stereocenters. The number of carboxylic acids is 1. The van der Waals surface area contributed by atoms with E-state index in [0.29, 0.717) is 5.69 Å². The number of carbonyl (C=O) groups excluding carboxylic acids is 1. The largest absolute Gasteiger partial charge is 0.480 e. The van der Waals surface area contributed by atoms with Crippen LogP contribution in [0.5, 0.6) is 0 Å². The van der Waals surface area contributed by atoms with E-state index in [9.17, 15) is 9.59 Å². The fourth-order valence-corrected chi connectivity index (χ4v) is 1.10. The van der Waals surface area contributed by atoms with E-state index in [4.69, 9.17) is 5.11 Å². The van der Waals surface area contributed by atoms with E-state index in [-0.39, 0.29) is 12.3 Å². The molecule has 0 bridgehead atoms. The summed E-state index contributed by atoms with van der Waals surface area (Å²) in [4.78, 5) is 21.5. The van der Waals surface area contributed by atoms with Crippen LogP contribution in [0.25, 0.3) is 0 Å². The molecule has 6 nitrogen and oxygen atoms in total. The smallest absolute Gasteiger partial charge is 0.326 e. The predicted octanol–water partition coefficient (Wildman–Crippen LogP) is -0.392. The van der Waals surface area contributed by atoms with Crippen LogP contribution in [-0.4, -0.2) is 33.2 Å². The molecule has 0 spiro atoms. The van der Waals surface area contributed by atoms with Crippen molar-refractivity contribution in [3.8, 4) is 0 Å². The zero-order valence-corrected chi connectivity index (χ0v) is 8.17. The van der Waals surface area contributed by atoms with Crippen molar-refractivity contribution in [3.63, 3.8) is 0 Å². The van der Waals surface area contributed by atoms with Crippen LogP contribution in [0.4, 0.5) is 0 Å². The summed E-state index contributed by atoms with van der Waals surface area (Å²) in [5, 5.41) is 18.5. The molecule has 0 saturated carbocycles. The number of carbonyl (C=O) groups is 2. The van der Waals surface area contributed by atoms with Crippen LogP contribution in [0.3, 0.4) is 0 Å². The summed E-state index contributed by atoms with van der Waals surface area (Å²) in [6.45, 7) is 1.27. The summed E-state index contributed by atoms with van der Waals surface area (Å²) in [5.74, 6) is -1.47. The fraction of sp³-hybridized carbons (Fsp3) is 0.333. The van der Waals surface area contributed by atoms with Gasteiger partial charge in [0.2, 0.25) is 5.91 Å². The van der Waals surface area contributed by atoms with Gasteiger partial charge in [0, 0.05) is 19.5 Å². The van der Waals surface area contributed by atoms with Gasteiger partial charge in [-0.1, -0.05) is 0 Å². The lowest BCUT2D eigenvalue weighted by Crippen LogP contribution is -2.41. The van der Waals surface area contributed by atoms with E-state index in [1.165, 1.54) is 13.1 Å². The first-order chi connectivity index (χ1) is 7.09. The molecule has 0 fully saturated rings. The van der Waals surface area contributed by atoms with E-state index in [1.807, 2.05) is 0 Å². The molecule has 1 aromatic rings. The number of hydrogen-bond donors (Lipinski definition) is 2. The molecule has 0 aliphatic carbocycles. The van der Waals surface area contributed by atoms with Crippen molar-refractivity contribution in [2.24, 2.45) is 0 Å². The lowest BCUT2D eigenvalue weighted by atomic mass is 10.1. The molecule has 0 radical (unpaired) electrons. The van der Waals surface area contributed by atoms with Gasteiger partial charge in [0.1, 0.15) is 6.04 Å². The van der Waals surface area contributed by atoms with Crippen LogP contribution in [0.1, 0.15) is 12.6 Å². The second-order valence-corrected chi connectivity index (χ2v) is 3.01. The zero-order valence-electron chi connectivity index (χ0n) is 8.17. The van der Waals surface area contributed by atoms with Crippen molar-refractivity contribution >= 4 is 11.9 Å². The molecule has 80 valence electrons. The Morgan fingerprint density at radius 3 is 2.80 bits per heavy atom. The molecule has 6 heteroatoms. The maximum atomic E-state index is 10.8. The van der Waals surface area contributed by atoms with Crippen molar-refractivity contribution < 1.29 is 14.7 Å². The number of nitrogens with zero attached hydrogens (tertiary/aromatic N) is 2. The first-order valence-corrected chi connectivity index (χ1v) is 4.36. The monoisotopic (exact) mass is 209 g/mol. The fourth-order valence-electron chi connectivity index (χ4n) is 1.10. The minimum atomic E-state index is -1.09. The molecule has 0 saturated heterocycles. The Kier molecular flexibility index (Phi) is 3.73. The van der Waals surface area contributed by atoms with Gasteiger partial charge in [0.05, 0.1) is 5.69 Å². The van der Waals surface area contributed by atoms with Crippen LogP contribution in [0.15, 0.2) is 18.3 Å². The third-order valence-corrected chi connectivity index (χ3v) is 1.72. The number of aliphatic carboxylic acids is 1. The number of nitrogens with one attached hydrogen (secondary N) is 1. The minimum absolute atomic E-state index is 0.128. The van der Waals surface area contributed by atoms with Crippen LogP contribution >= 0.6 is 0 Å². The molecule has 0 aliphatic heterocycles. The van der Waals surface area contributed by atoms with Gasteiger partial charge < -0.3 is 10.4 Å². The van der Waals surface area contributed by atoms with Gasteiger partial charge in [0.25, 0.3) is 0 Å². The Morgan fingerprint density at radius 1 is 1.60 bits per heavy atom. The van der Waals surface area contributed by atoms with E-state index in [2.05, 4.69) is 15.5 Å². The number of hydrogen-bond acceptors (Lipinski definition) is 4. The lowest BCUT2D eigenvalue weighted by molar-refractivity contribution is -0.141. The molecule has 0 aliphatic rings. The molecular weight excluding hydrogens is 198 g/mol. The highest BCUT2D eigenvalue weighted by atomic mass is 16.4. The molecule has 1 atom stereocenters. The Balaban J connectivity index is 2.67. The number of aromatic nitrogens is 2. The highest BCUT2D eigenvalue weighted by Gasteiger charge is 2.19. The highest BCUT2D eigenvalue weighted by Crippen LogP contribution is 1.98. The second kappa shape index (κ2) is 5.04. The van der Waals surface area contributed by atoms with Gasteiger partial charge >= 0.3 is 5.97 Å².